The molecular formula is C10H16ClN3O4S. The van der Waals surface area contributed by atoms with Gasteiger partial charge in [-0.25, -0.2) is 13.4 Å². The predicted octanol–water partition coefficient (Wildman–Crippen LogP) is -0.248. The maximum Gasteiger partial charge on any atom is 0.244 e. The van der Waals surface area contributed by atoms with Gasteiger partial charge in [-0.3, -0.25) is 0 Å². The molecule has 3 N–H and O–H groups in total. The number of halogens is 1. The van der Waals surface area contributed by atoms with Crippen molar-refractivity contribution in [2.45, 2.75) is 4.90 Å². The molecule has 0 aromatic carbocycles. The second-order valence-corrected chi connectivity index (χ2v) is 5.95. The van der Waals surface area contributed by atoms with Gasteiger partial charge in [-0.05, 0) is 6.07 Å². The Bertz CT molecular complexity index is 518. The van der Waals surface area contributed by atoms with Crippen molar-refractivity contribution in [3.8, 4) is 0 Å². The highest BCUT2D eigenvalue weighted by Crippen LogP contribution is 2.23. The summed E-state index contributed by atoms with van der Waals surface area (Å²) in [6.45, 7) is -0.882. The van der Waals surface area contributed by atoms with E-state index in [-0.39, 0.29) is 36.2 Å². The number of nitrogens with zero attached hydrogens (tertiary/aromatic N) is 2. The number of hydrogen-bond donors (Lipinski definition) is 3. The summed E-state index contributed by atoms with van der Waals surface area (Å²) in [7, 11) is -2.22. The van der Waals surface area contributed by atoms with Crippen molar-refractivity contribution in [1.82, 2.24) is 9.29 Å². The highest BCUT2D eigenvalue weighted by Gasteiger charge is 2.24. The summed E-state index contributed by atoms with van der Waals surface area (Å²) in [6.07, 6.45) is 1.18. The molecule has 108 valence electrons. The lowest BCUT2D eigenvalue weighted by molar-refractivity contribution is 0.217. The number of hydrogen-bond acceptors (Lipinski definition) is 6. The molecule has 0 saturated carbocycles. The molecule has 19 heavy (non-hydrogen) atoms. The Morgan fingerprint density at radius 2 is 1.95 bits per heavy atom. The number of pyridine rings is 1. The second kappa shape index (κ2) is 7.01. The Balaban J connectivity index is 3.14. The van der Waals surface area contributed by atoms with Gasteiger partial charge < -0.3 is 15.5 Å². The number of anilines is 1. The van der Waals surface area contributed by atoms with Gasteiger partial charge in [0.15, 0.2) is 0 Å². The van der Waals surface area contributed by atoms with Gasteiger partial charge >= 0.3 is 0 Å². The first-order valence-electron chi connectivity index (χ1n) is 5.52. The van der Waals surface area contributed by atoms with E-state index < -0.39 is 10.0 Å². The molecule has 0 aliphatic rings. The van der Waals surface area contributed by atoms with Gasteiger partial charge in [-0.15, -0.1) is 0 Å². The van der Waals surface area contributed by atoms with Crippen LogP contribution in [0, 0.1) is 0 Å². The molecule has 7 nitrogen and oxygen atoms in total. The van der Waals surface area contributed by atoms with Crippen molar-refractivity contribution in [3.63, 3.8) is 0 Å². The molecule has 0 aliphatic heterocycles. The zero-order valence-electron chi connectivity index (χ0n) is 10.4. The third kappa shape index (κ3) is 3.77. The van der Waals surface area contributed by atoms with E-state index in [9.17, 15) is 8.42 Å². The number of sulfonamides is 1. The monoisotopic (exact) mass is 309 g/mol. The summed E-state index contributed by atoms with van der Waals surface area (Å²) < 4.78 is 25.5. The minimum absolute atomic E-state index is 0.0848. The maximum atomic E-state index is 12.2. The Labute approximate surface area is 116 Å². The van der Waals surface area contributed by atoms with E-state index in [0.29, 0.717) is 5.82 Å². The lowest BCUT2D eigenvalue weighted by Crippen LogP contribution is -2.35. The first kappa shape index (κ1) is 16.1. The standard InChI is InChI=1S/C10H16ClN3O4S/c1-12-10-9(11)6-8(7-13-10)19(17,18)14(2-4-15)3-5-16/h6-7,15-16H,2-5H2,1H3,(H,12,13). The topological polar surface area (TPSA) is 103 Å². The summed E-state index contributed by atoms with van der Waals surface area (Å²) in [4.78, 5) is 3.81. The minimum Gasteiger partial charge on any atom is -0.395 e. The van der Waals surface area contributed by atoms with E-state index in [2.05, 4.69) is 10.3 Å². The SMILES string of the molecule is CNc1ncc(S(=O)(=O)N(CCO)CCO)cc1Cl. The molecule has 0 saturated heterocycles. The average molecular weight is 310 g/mol. The van der Waals surface area contributed by atoms with E-state index in [1.165, 1.54) is 12.3 Å². The van der Waals surface area contributed by atoms with Gasteiger partial charge in [0.1, 0.15) is 10.7 Å². The summed E-state index contributed by atoms with van der Waals surface area (Å²) in [6, 6.07) is 1.28. The largest absolute Gasteiger partial charge is 0.395 e. The first-order chi connectivity index (χ1) is 8.97. The highest BCUT2D eigenvalue weighted by molar-refractivity contribution is 7.89. The maximum absolute atomic E-state index is 12.2. The number of aliphatic hydroxyl groups excluding tert-OH is 2. The van der Waals surface area contributed by atoms with E-state index in [1.54, 1.807) is 7.05 Å². The Morgan fingerprint density at radius 1 is 1.37 bits per heavy atom. The lowest BCUT2D eigenvalue weighted by atomic mass is 10.4. The van der Waals surface area contributed by atoms with Crippen LogP contribution in [0.4, 0.5) is 5.82 Å². The van der Waals surface area contributed by atoms with Crippen molar-refractivity contribution >= 4 is 27.4 Å². The summed E-state index contributed by atoms with van der Waals surface area (Å²) in [5.41, 5.74) is 0. The second-order valence-electron chi connectivity index (χ2n) is 3.60. The fourth-order valence-electron chi connectivity index (χ4n) is 1.47. The molecule has 1 heterocycles. The number of aliphatic hydroxyl groups is 2. The van der Waals surface area contributed by atoms with Crippen LogP contribution in [0.1, 0.15) is 0 Å². The van der Waals surface area contributed by atoms with Gasteiger partial charge in [-0.2, -0.15) is 4.31 Å². The van der Waals surface area contributed by atoms with Crippen LogP contribution >= 0.6 is 11.6 Å². The van der Waals surface area contributed by atoms with Crippen LogP contribution in [0.3, 0.4) is 0 Å². The van der Waals surface area contributed by atoms with E-state index in [4.69, 9.17) is 21.8 Å². The van der Waals surface area contributed by atoms with E-state index >= 15 is 0 Å². The zero-order chi connectivity index (χ0) is 14.5. The van der Waals surface area contributed by atoms with Crippen LogP contribution < -0.4 is 5.32 Å². The zero-order valence-corrected chi connectivity index (χ0v) is 11.9. The van der Waals surface area contributed by atoms with Crippen molar-refractivity contribution in [3.05, 3.63) is 17.3 Å². The molecule has 0 amide bonds. The van der Waals surface area contributed by atoms with Crippen LogP contribution in [-0.4, -0.2) is 61.3 Å². The Morgan fingerprint density at radius 3 is 2.37 bits per heavy atom. The smallest absolute Gasteiger partial charge is 0.244 e. The minimum atomic E-state index is -3.83. The van der Waals surface area contributed by atoms with Crippen molar-refractivity contribution < 1.29 is 18.6 Å². The first-order valence-corrected chi connectivity index (χ1v) is 7.34. The third-order valence-corrected chi connectivity index (χ3v) is 4.54. The molecule has 0 unspecified atom stereocenters. The molecule has 0 fully saturated rings. The third-order valence-electron chi connectivity index (χ3n) is 2.39. The fourth-order valence-corrected chi connectivity index (χ4v) is 3.19. The molecule has 0 aliphatic carbocycles. The molecule has 1 aromatic rings. The quantitative estimate of drug-likeness (QED) is 0.642. The van der Waals surface area contributed by atoms with Crippen LogP contribution in [0.15, 0.2) is 17.2 Å². The molecule has 0 bridgehead atoms. The number of aromatic nitrogens is 1. The summed E-state index contributed by atoms with van der Waals surface area (Å²) >= 11 is 5.89. The summed E-state index contributed by atoms with van der Waals surface area (Å²) in [5.74, 6) is 0.372. The Hall–Kier alpha value is -0.930. The predicted molar refractivity (Wildman–Crippen MR) is 71.7 cm³/mol. The molecule has 9 heteroatoms. The molecular weight excluding hydrogens is 294 g/mol. The van der Waals surface area contributed by atoms with Crippen LogP contribution in [0.2, 0.25) is 5.02 Å². The average Bonchev–Trinajstić information content (AvgIpc) is 2.38. The van der Waals surface area contributed by atoms with Crippen LogP contribution in [-0.2, 0) is 10.0 Å². The van der Waals surface area contributed by atoms with Gasteiger partial charge in [0.2, 0.25) is 10.0 Å². The molecule has 1 rings (SSSR count). The van der Waals surface area contributed by atoms with E-state index in [0.717, 1.165) is 4.31 Å². The normalized spacial score (nSPS) is 11.8. The lowest BCUT2D eigenvalue weighted by Gasteiger charge is -2.20. The van der Waals surface area contributed by atoms with E-state index in [1.807, 2.05) is 0 Å². The van der Waals surface area contributed by atoms with Gasteiger partial charge in [0.05, 0.1) is 18.2 Å². The molecule has 0 spiro atoms. The molecule has 0 atom stereocenters. The molecule has 1 aromatic heterocycles. The van der Waals surface area contributed by atoms with Gasteiger partial charge in [0, 0.05) is 26.3 Å². The Kier molecular flexibility index (Phi) is 5.95. The van der Waals surface area contributed by atoms with Crippen LogP contribution in [0.5, 0.6) is 0 Å². The van der Waals surface area contributed by atoms with Crippen molar-refractivity contribution in [2.24, 2.45) is 0 Å². The van der Waals surface area contributed by atoms with Gasteiger partial charge in [-0.1, -0.05) is 11.6 Å². The molecule has 0 radical (unpaired) electrons. The van der Waals surface area contributed by atoms with Gasteiger partial charge in [0.25, 0.3) is 0 Å². The fraction of sp³-hybridized carbons (Fsp3) is 0.500. The number of nitrogens with one attached hydrogen (secondary N) is 1. The van der Waals surface area contributed by atoms with Crippen LogP contribution in [0.25, 0.3) is 0 Å². The number of rotatable bonds is 7. The summed E-state index contributed by atoms with van der Waals surface area (Å²) in [5, 5.41) is 20.6. The van der Waals surface area contributed by atoms with Crippen molar-refractivity contribution in [1.29, 1.82) is 0 Å². The van der Waals surface area contributed by atoms with Crippen molar-refractivity contribution in [2.75, 3.05) is 38.7 Å². The highest BCUT2D eigenvalue weighted by atomic mass is 35.5.